The third kappa shape index (κ3) is 43.4. The minimum absolute atomic E-state index is 0.0476. The van der Waals surface area contributed by atoms with Crippen molar-refractivity contribution < 1.29 is 33.8 Å². The van der Waals surface area contributed by atoms with E-state index in [0.717, 1.165) is 97.2 Å². The first kappa shape index (κ1) is 58.7. The van der Waals surface area contributed by atoms with Gasteiger partial charge < -0.3 is 29.2 Å². The van der Waals surface area contributed by atoms with E-state index in [0.29, 0.717) is 39.3 Å². The molecule has 10 heteroatoms. The Morgan fingerprint density at radius 2 is 0.650 bits per heavy atom. The fraction of sp³-hybridized carbons (Fsp3) is 0.960. The molecular weight excluding hydrogens is 755 g/mol. The van der Waals surface area contributed by atoms with Crippen LogP contribution >= 0.6 is 0 Å². The Bertz CT molecular complexity index is 799. The lowest BCUT2D eigenvalue weighted by molar-refractivity contribution is -0.192. The van der Waals surface area contributed by atoms with Gasteiger partial charge in [0.15, 0.2) is 0 Å². The van der Waals surface area contributed by atoms with Crippen LogP contribution in [0, 0.1) is 0 Å². The van der Waals surface area contributed by atoms with Crippen molar-refractivity contribution in [2.75, 3.05) is 78.8 Å². The molecule has 0 aromatic heterocycles. The van der Waals surface area contributed by atoms with E-state index < -0.39 is 0 Å². The quantitative estimate of drug-likeness (QED) is 0.0470. The van der Waals surface area contributed by atoms with Crippen molar-refractivity contribution in [1.29, 1.82) is 0 Å². The Balaban J connectivity index is 4.30. The maximum absolute atomic E-state index is 12.6. The number of rotatable bonds is 50. The average Bonchev–Trinajstić information content (AvgIpc) is 3.24. The summed E-state index contributed by atoms with van der Waals surface area (Å²) in [6, 6.07) is 0. The first-order chi connectivity index (χ1) is 29.5. The van der Waals surface area contributed by atoms with Gasteiger partial charge in [-0.05, 0) is 64.5 Å². The Morgan fingerprint density at radius 1 is 0.350 bits per heavy atom. The summed E-state index contributed by atoms with van der Waals surface area (Å²) in [5.74, 6) is -0.111. The third-order valence-electron chi connectivity index (χ3n) is 11.4. The molecule has 0 fully saturated rings. The number of nitrogens with zero attached hydrogens (tertiary/aromatic N) is 3. The lowest BCUT2D eigenvalue weighted by Gasteiger charge is -2.22. The molecule has 0 spiro atoms. The van der Waals surface area contributed by atoms with Crippen LogP contribution in [0.5, 0.6) is 0 Å². The van der Waals surface area contributed by atoms with Crippen LogP contribution < -0.4 is 0 Å². The zero-order valence-electron chi connectivity index (χ0n) is 40.4. The monoisotopic (exact) mass is 856 g/mol. The van der Waals surface area contributed by atoms with Crippen molar-refractivity contribution in [1.82, 2.24) is 15.0 Å². The van der Waals surface area contributed by atoms with Gasteiger partial charge in [-0.3, -0.25) is 9.59 Å². The highest BCUT2D eigenvalue weighted by Crippen LogP contribution is 2.14. The second kappa shape index (κ2) is 48.7. The van der Waals surface area contributed by atoms with E-state index in [2.05, 4.69) is 32.6 Å². The molecule has 0 aromatic rings. The Hall–Kier alpha value is -1.30. The largest absolute Gasteiger partial charge is 0.394 e. The second-order valence-electron chi connectivity index (χ2n) is 17.3. The maximum Gasteiger partial charge on any atom is 0.325 e. The van der Waals surface area contributed by atoms with Gasteiger partial charge in [0, 0.05) is 45.6 Å². The summed E-state index contributed by atoms with van der Waals surface area (Å²) in [6.07, 6.45) is 36.4. The molecule has 0 aliphatic rings. The SMILES string of the molecule is CCCCCCN(CCCCCC)OC(=O)CCCCCCCCCN(CCCCCCCCCC(=O)ON(CCCCCC)CCCCCC)CCOCCOCCO. The van der Waals surface area contributed by atoms with Gasteiger partial charge in [-0.1, -0.05) is 169 Å². The highest BCUT2D eigenvalue weighted by molar-refractivity contribution is 5.69. The lowest BCUT2D eigenvalue weighted by atomic mass is 10.1. The molecule has 0 saturated heterocycles. The molecule has 0 bridgehead atoms. The standard InChI is InChI=1S/C50H101N3O7/c1-5-9-13-31-39-52(40-32-14-10-6-2)59-49(55)35-27-23-19-17-21-25-29-37-51(43-45-57-47-48-58-46-44-54)38-30-26-22-18-20-24-28-36-50(56)60-53(41-33-15-11-7-3)42-34-16-12-8-4/h54H,5-48H2,1-4H3. The summed E-state index contributed by atoms with van der Waals surface area (Å²) in [4.78, 5) is 39.4. The zero-order valence-corrected chi connectivity index (χ0v) is 40.4. The van der Waals surface area contributed by atoms with Gasteiger partial charge in [0.2, 0.25) is 0 Å². The van der Waals surface area contributed by atoms with Gasteiger partial charge in [-0.15, -0.1) is 10.1 Å². The summed E-state index contributed by atoms with van der Waals surface area (Å²) in [7, 11) is 0. The molecule has 0 aliphatic heterocycles. The first-order valence-corrected chi connectivity index (χ1v) is 25.9. The number of hydroxylamine groups is 4. The summed E-state index contributed by atoms with van der Waals surface area (Å²) >= 11 is 0. The van der Waals surface area contributed by atoms with Crippen molar-refractivity contribution >= 4 is 11.9 Å². The van der Waals surface area contributed by atoms with Crippen LogP contribution in [0.25, 0.3) is 0 Å². The molecule has 60 heavy (non-hydrogen) atoms. The molecule has 0 amide bonds. The molecule has 10 nitrogen and oxygen atoms in total. The number of carbonyl (C=O) groups is 2. The van der Waals surface area contributed by atoms with Gasteiger partial charge >= 0.3 is 11.9 Å². The summed E-state index contributed by atoms with van der Waals surface area (Å²) in [6.45, 7) is 17.7. The molecule has 358 valence electrons. The smallest absolute Gasteiger partial charge is 0.325 e. The van der Waals surface area contributed by atoms with Gasteiger partial charge in [0.05, 0.1) is 33.0 Å². The average molecular weight is 856 g/mol. The summed E-state index contributed by atoms with van der Waals surface area (Å²) in [5.41, 5.74) is 0. The highest BCUT2D eigenvalue weighted by Gasteiger charge is 2.13. The Kier molecular flexibility index (Phi) is 47.7. The molecule has 0 atom stereocenters. The van der Waals surface area contributed by atoms with E-state index in [1.165, 1.54) is 141 Å². The topological polar surface area (TPSA) is 101 Å². The van der Waals surface area contributed by atoms with Gasteiger partial charge in [-0.25, -0.2) is 0 Å². The van der Waals surface area contributed by atoms with E-state index in [9.17, 15) is 9.59 Å². The summed E-state index contributed by atoms with van der Waals surface area (Å²) < 4.78 is 11.2. The highest BCUT2D eigenvalue weighted by atomic mass is 16.7. The molecule has 0 aliphatic carbocycles. The minimum atomic E-state index is -0.0554. The number of carbonyl (C=O) groups excluding carboxylic acids is 2. The van der Waals surface area contributed by atoms with E-state index in [1.807, 2.05) is 10.1 Å². The molecule has 0 heterocycles. The molecule has 0 unspecified atom stereocenters. The second-order valence-corrected chi connectivity index (χ2v) is 17.3. The van der Waals surface area contributed by atoms with Crippen LogP contribution in [-0.2, 0) is 28.7 Å². The lowest BCUT2D eigenvalue weighted by Crippen LogP contribution is -2.30. The van der Waals surface area contributed by atoms with Crippen LogP contribution in [-0.4, -0.2) is 111 Å². The Morgan fingerprint density at radius 3 is 1.00 bits per heavy atom. The minimum Gasteiger partial charge on any atom is -0.394 e. The van der Waals surface area contributed by atoms with Crippen LogP contribution in [0.2, 0.25) is 0 Å². The van der Waals surface area contributed by atoms with Crippen molar-refractivity contribution in [3.05, 3.63) is 0 Å². The van der Waals surface area contributed by atoms with Gasteiger partial charge in [-0.2, -0.15) is 0 Å². The fourth-order valence-corrected chi connectivity index (χ4v) is 7.54. The third-order valence-corrected chi connectivity index (χ3v) is 11.4. The van der Waals surface area contributed by atoms with Crippen molar-refractivity contribution in [3.8, 4) is 0 Å². The van der Waals surface area contributed by atoms with Gasteiger partial charge in [0.25, 0.3) is 0 Å². The Labute approximate surface area is 371 Å². The normalized spacial score (nSPS) is 11.7. The van der Waals surface area contributed by atoms with Crippen LogP contribution in [0.15, 0.2) is 0 Å². The van der Waals surface area contributed by atoms with E-state index in [1.54, 1.807) is 0 Å². The van der Waals surface area contributed by atoms with Crippen molar-refractivity contribution in [2.45, 2.75) is 233 Å². The molecule has 0 radical (unpaired) electrons. The predicted octanol–water partition coefficient (Wildman–Crippen LogP) is 12.4. The molecule has 0 aromatic carbocycles. The fourth-order valence-electron chi connectivity index (χ4n) is 7.54. The van der Waals surface area contributed by atoms with Crippen molar-refractivity contribution in [2.24, 2.45) is 0 Å². The number of unbranched alkanes of at least 4 members (excludes halogenated alkanes) is 24. The van der Waals surface area contributed by atoms with E-state index in [-0.39, 0.29) is 18.5 Å². The molecular formula is C50H101N3O7. The maximum atomic E-state index is 12.6. The summed E-state index contributed by atoms with van der Waals surface area (Å²) in [5, 5.41) is 12.8. The van der Waals surface area contributed by atoms with Crippen LogP contribution in [0.1, 0.15) is 233 Å². The first-order valence-electron chi connectivity index (χ1n) is 25.9. The van der Waals surface area contributed by atoms with E-state index in [4.69, 9.17) is 24.3 Å². The van der Waals surface area contributed by atoms with Crippen molar-refractivity contribution in [3.63, 3.8) is 0 Å². The number of aliphatic hydroxyl groups is 1. The number of aliphatic hydroxyl groups excluding tert-OH is 1. The molecule has 0 rings (SSSR count). The number of hydrogen-bond donors (Lipinski definition) is 1. The molecule has 0 saturated carbocycles. The van der Waals surface area contributed by atoms with Gasteiger partial charge in [0.1, 0.15) is 0 Å². The van der Waals surface area contributed by atoms with Crippen LogP contribution in [0.4, 0.5) is 0 Å². The number of hydrogen-bond acceptors (Lipinski definition) is 10. The zero-order chi connectivity index (χ0) is 43.8. The predicted molar refractivity (Wildman–Crippen MR) is 251 cm³/mol. The molecule has 1 N–H and O–H groups in total. The number of ether oxygens (including phenoxy) is 2. The van der Waals surface area contributed by atoms with E-state index >= 15 is 0 Å². The van der Waals surface area contributed by atoms with Crippen LogP contribution in [0.3, 0.4) is 0 Å².